The van der Waals surface area contributed by atoms with Crippen molar-refractivity contribution in [3.63, 3.8) is 0 Å². The molecule has 1 fully saturated rings. The van der Waals surface area contributed by atoms with Crippen molar-refractivity contribution < 1.29 is 4.79 Å². The second-order valence-electron chi connectivity index (χ2n) is 5.38. The molecule has 3 N–H and O–H groups in total. The lowest BCUT2D eigenvalue weighted by molar-refractivity contribution is 0.0586. The van der Waals surface area contributed by atoms with Crippen LogP contribution in [-0.4, -0.2) is 23.0 Å². The van der Waals surface area contributed by atoms with Gasteiger partial charge < -0.3 is 11.1 Å². The van der Waals surface area contributed by atoms with Crippen LogP contribution in [0.4, 0.5) is 0 Å². The Labute approximate surface area is 102 Å². The average molecular weight is 233 g/mol. The smallest absolute Gasteiger partial charge is 0.253 e. The Bertz CT molecular complexity index is 425. The molecular formula is C13H19N3O. The zero-order chi connectivity index (χ0) is 12.6. The molecule has 1 aromatic rings. The standard InChI is InChI=1S/C13H19N3O/c1-8-4-5-9(7-15-8)12(17)16-11-6-10(14)13(11,2)3/h4-5,7,10-11H,6,14H2,1-3H3,(H,16,17). The predicted octanol–water partition coefficient (Wildman–Crippen LogP) is 1.25. The van der Waals surface area contributed by atoms with Crippen LogP contribution in [0.1, 0.15) is 36.3 Å². The second-order valence-corrected chi connectivity index (χ2v) is 5.38. The molecule has 1 aliphatic carbocycles. The molecule has 92 valence electrons. The summed E-state index contributed by atoms with van der Waals surface area (Å²) in [6.45, 7) is 6.06. The third-order valence-electron chi connectivity index (χ3n) is 3.82. The van der Waals surface area contributed by atoms with E-state index in [1.807, 2.05) is 13.0 Å². The molecule has 1 aromatic heterocycles. The van der Waals surface area contributed by atoms with Crippen LogP contribution < -0.4 is 11.1 Å². The molecule has 0 saturated heterocycles. The Morgan fingerprint density at radius 2 is 2.24 bits per heavy atom. The van der Waals surface area contributed by atoms with Crippen LogP contribution in [0.3, 0.4) is 0 Å². The van der Waals surface area contributed by atoms with Crippen LogP contribution in [0.5, 0.6) is 0 Å². The first-order valence-corrected chi connectivity index (χ1v) is 5.90. The number of hydrogen-bond acceptors (Lipinski definition) is 3. The molecule has 0 aliphatic heterocycles. The minimum absolute atomic E-state index is 0.0201. The molecule has 0 bridgehead atoms. The molecule has 0 aromatic carbocycles. The van der Waals surface area contributed by atoms with Crippen LogP contribution in [0.15, 0.2) is 18.3 Å². The Kier molecular flexibility index (Phi) is 2.91. The molecule has 2 rings (SSSR count). The second kappa shape index (κ2) is 4.11. The third kappa shape index (κ3) is 2.17. The van der Waals surface area contributed by atoms with E-state index in [1.165, 1.54) is 0 Å². The van der Waals surface area contributed by atoms with Gasteiger partial charge in [0, 0.05) is 29.4 Å². The molecule has 4 heteroatoms. The number of carbonyl (C=O) groups excluding carboxylic acids is 1. The van der Waals surface area contributed by atoms with Gasteiger partial charge >= 0.3 is 0 Å². The van der Waals surface area contributed by atoms with E-state index in [-0.39, 0.29) is 23.4 Å². The van der Waals surface area contributed by atoms with Gasteiger partial charge in [-0.2, -0.15) is 0 Å². The van der Waals surface area contributed by atoms with Crippen molar-refractivity contribution in [2.45, 2.75) is 39.3 Å². The monoisotopic (exact) mass is 233 g/mol. The van der Waals surface area contributed by atoms with Crippen LogP contribution in [0.25, 0.3) is 0 Å². The molecule has 17 heavy (non-hydrogen) atoms. The van der Waals surface area contributed by atoms with E-state index in [4.69, 9.17) is 5.73 Å². The Balaban J connectivity index is 2.01. The van der Waals surface area contributed by atoms with Crippen molar-refractivity contribution in [1.29, 1.82) is 0 Å². The number of pyridine rings is 1. The van der Waals surface area contributed by atoms with Gasteiger partial charge in [-0.15, -0.1) is 0 Å². The topological polar surface area (TPSA) is 68.0 Å². The van der Waals surface area contributed by atoms with E-state index in [9.17, 15) is 4.79 Å². The first-order chi connectivity index (χ1) is 7.91. The number of rotatable bonds is 2. The molecule has 1 amide bonds. The van der Waals surface area contributed by atoms with Crippen LogP contribution in [0.2, 0.25) is 0 Å². The van der Waals surface area contributed by atoms with Crippen molar-refractivity contribution in [1.82, 2.24) is 10.3 Å². The average Bonchev–Trinajstić information content (AvgIpc) is 2.29. The molecular weight excluding hydrogens is 214 g/mol. The Morgan fingerprint density at radius 1 is 1.53 bits per heavy atom. The van der Waals surface area contributed by atoms with Gasteiger partial charge in [0.15, 0.2) is 0 Å². The highest BCUT2D eigenvalue weighted by Gasteiger charge is 2.46. The highest BCUT2D eigenvalue weighted by Crippen LogP contribution is 2.39. The molecule has 1 aliphatic rings. The fourth-order valence-electron chi connectivity index (χ4n) is 2.05. The molecule has 2 unspecified atom stereocenters. The number of nitrogens with two attached hydrogens (primary N) is 1. The normalized spacial score (nSPS) is 26.1. The predicted molar refractivity (Wildman–Crippen MR) is 66.6 cm³/mol. The minimum Gasteiger partial charge on any atom is -0.349 e. The summed E-state index contributed by atoms with van der Waals surface area (Å²) in [5.41, 5.74) is 7.41. The van der Waals surface area contributed by atoms with Crippen LogP contribution in [-0.2, 0) is 0 Å². The van der Waals surface area contributed by atoms with Gasteiger partial charge in [-0.25, -0.2) is 0 Å². The summed E-state index contributed by atoms with van der Waals surface area (Å²) in [6.07, 6.45) is 2.45. The molecule has 1 saturated carbocycles. The summed E-state index contributed by atoms with van der Waals surface area (Å²) in [5, 5.41) is 3.01. The zero-order valence-electron chi connectivity index (χ0n) is 10.5. The summed E-state index contributed by atoms with van der Waals surface area (Å²) >= 11 is 0. The van der Waals surface area contributed by atoms with E-state index in [1.54, 1.807) is 12.3 Å². The third-order valence-corrected chi connectivity index (χ3v) is 3.82. The maximum Gasteiger partial charge on any atom is 0.253 e. The van der Waals surface area contributed by atoms with Gasteiger partial charge in [-0.3, -0.25) is 9.78 Å². The van der Waals surface area contributed by atoms with E-state index in [0.29, 0.717) is 5.56 Å². The number of hydrogen-bond donors (Lipinski definition) is 2. The summed E-state index contributed by atoms with van der Waals surface area (Å²) in [5.74, 6) is -0.0672. The molecule has 0 radical (unpaired) electrons. The maximum absolute atomic E-state index is 12.0. The van der Waals surface area contributed by atoms with Gasteiger partial charge in [0.05, 0.1) is 5.56 Å². The minimum atomic E-state index is -0.0672. The Hall–Kier alpha value is -1.42. The molecule has 2 atom stereocenters. The number of nitrogens with zero attached hydrogens (tertiary/aromatic N) is 1. The lowest BCUT2D eigenvalue weighted by Gasteiger charge is -2.50. The molecule has 4 nitrogen and oxygen atoms in total. The maximum atomic E-state index is 12.0. The fourth-order valence-corrected chi connectivity index (χ4v) is 2.05. The number of aryl methyl sites for hydroxylation is 1. The van der Waals surface area contributed by atoms with E-state index in [2.05, 4.69) is 24.1 Å². The lowest BCUT2D eigenvalue weighted by Crippen LogP contribution is -2.64. The van der Waals surface area contributed by atoms with E-state index in [0.717, 1.165) is 12.1 Å². The highest BCUT2D eigenvalue weighted by atomic mass is 16.1. The van der Waals surface area contributed by atoms with Crippen molar-refractivity contribution >= 4 is 5.91 Å². The van der Waals surface area contributed by atoms with E-state index >= 15 is 0 Å². The van der Waals surface area contributed by atoms with Gasteiger partial charge in [0.1, 0.15) is 0 Å². The van der Waals surface area contributed by atoms with Crippen LogP contribution >= 0.6 is 0 Å². The largest absolute Gasteiger partial charge is 0.349 e. The zero-order valence-corrected chi connectivity index (χ0v) is 10.5. The van der Waals surface area contributed by atoms with Crippen LogP contribution in [0, 0.1) is 12.3 Å². The summed E-state index contributed by atoms with van der Waals surface area (Å²) in [7, 11) is 0. The summed E-state index contributed by atoms with van der Waals surface area (Å²) < 4.78 is 0. The summed E-state index contributed by atoms with van der Waals surface area (Å²) in [6, 6.07) is 3.96. The SMILES string of the molecule is Cc1ccc(C(=O)NC2CC(N)C2(C)C)cn1. The number of aromatic nitrogens is 1. The van der Waals surface area contributed by atoms with Gasteiger partial charge in [0.25, 0.3) is 5.91 Å². The lowest BCUT2D eigenvalue weighted by atomic mass is 9.63. The number of nitrogens with one attached hydrogen (secondary N) is 1. The summed E-state index contributed by atoms with van der Waals surface area (Å²) in [4.78, 5) is 16.1. The Morgan fingerprint density at radius 3 is 2.71 bits per heavy atom. The number of carbonyl (C=O) groups is 1. The molecule has 0 spiro atoms. The van der Waals surface area contributed by atoms with Gasteiger partial charge in [0.2, 0.25) is 0 Å². The molecule has 1 heterocycles. The van der Waals surface area contributed by atoms with Gasteiger partial charge in [-0.1, -0.05) is 13.8 Å². The van der Waals surface area contributed by atoms with E-state index < -0.39 is 0 Å². The quantitative estimate of drug-likeness (QED) is 0.807. The van der Waals surface area contributed by atoms with Crippen molar-refractivity contribution in [3.8, 4) is 0 Å². The van der Waals surface area contributed by atoms with Crippen molar-refractivity contribution in [3.05, 3.63) is 29.6 Å². The van der Waals surface area contributed by atoms with Gasteiger partial charge in [-0.05, 0) is 25.5 Å². The fraction of sp³-hybridized carbons (Fsp3) is 0.538. The van der Waals surface area contributed by atoms with Crippen molar-refractivity contribution in [2.75, 3.05) is 0 Å². The van der Waals surface area contributed by atoms with Crippen molar-refractivity contribution in [2.24, 2.45) is 11.1 Å². The first-order valence-electron chi connectivity index (χ1n) is 5.90. The number of amides is 1. The first kappa shape index (κ1) is 12.0. The highest BCUT2D eigenvalue weighted by molar-refractivity contribution is 5.94.